The minimum absolute atomic E-state index is 0.125. The number of rotatable bonds is 6. The maximum atomic E-state index is 6.30. The van der Waals surface area contributed by atoms with Crippen molar-refractivity contribution in [2.75, 3.05) is 6.54 Å². The summed E-state index contributed by atoms with van der Waals surface area (Å²) in [6.45, 7) is 3.09. The fourth-order valence-corrected chi connectivity index (χ4v) is 3.08. The molecule has 0 aliphatic heterocycles. The third kappa shape index (κ3) is 4.35. The van der Waals surface area contributed by atoms with Gasteiger partial charge in [-0.2, -0.15) is 0 Å². The lowest BCUT2D eigenvalue weighted by atomic mass is 10.0. The Labute approximate surface area is 141 Å². The summed E-state index contributed by atoms with van der Waals surface area (Å²) in [6.07, 6.45) is 1.87. The van der Waals surface area contributed by atoms with E-state index in [2.05, 4.69) is 44.1 Å². The first kappa shape index (κ1) is 16.1. The smallest absolute Gasteiger partial charge is 0.169 e. The third-order valence-corrected chi connectivity index (χ3v) is 4.29. The van der Waals surface area contributed by atoms with Crippen LogP contribution in [0.2, 0.25) is 5.02 Å². The number of benzene rings is 1. The second-order valence-electron chi connectivity index (χ2n) is 4.59. The first-order valence-corrected chi connectivity index (χ1v) is 8.49. The SMILES string of the molecule is CCCNC(Cc1ccc(Br)cc1Cl)c1ccc(Br)o1. The summed E-state index contributed by atoms with van der Waals surface area (Å²) < 4.78 is 7.42. The van der Waals surface area contributed by atoms with Crippen molar-refractivity contribution in [3.8, 4) is 0 Å². The van der Waals surface area contributed by atoms with Crippen molar-refractivity contribution in [3.63, 3.8) is 0 Å². The fourth-order valence-electron chi connectivity index (χ4n) is 2.01. The Bertz CT molecular complexity index is 571. The monoisotopic (exact) mass is 419 g/mol. The van der Waals surface area contributed by atoms with Crippen molar-refractivity contribution in [2.24, 2.45) is 0 Å². The summed E-state index contributed by atoms with van der Waals surface area (Å²) in [5.74, 6) is 0.921. The first-order chi connectivity index (χ1) is 9.60. The van der Waals surface area contributed by atoms with Crippen LogP contribution in [0.3, 0.4) is 0 Å². The van der Waals surface area contributed by atoms with Crippen molar-refractivity contribution in [3.05, 3.63) is 55.8 Å². The lowest BCUT2D eigenvalue weighted by Gasteiger charge is -2.17. The maximum Gasteiger partial charge on any atom is 0.169 e. The topological polar surface area (TPSA) is 25.2 Å². The summed E-state index contributed by atoms with van der Waals surface area (Å²) in [5, 5.41) is 4.28. The molecule has 0 aliphatic rings. The highest BCUT2D eigenvalue weighted by molar-refractivity contribution is 9.10. The quantitative estimate of drug-likeness (QED) is 0.643. The standard InChI is InChI=1S/C15H16Br2ClNO/c1-2-7-19-13(14-5-6-15(17)20-14)8-10-3-4-11(16)9-12(10)18/h3-6,9,13,19H,2,7-8H2,1H3. The van der Waals surface area contributed by atoms with Crippen molar-refractivity contribution in [1.29, 1.82) is 0 Å². The number of hydrogen-bond donors (Lipinski definition) is 1. The Morgan fingerprint density at radius 3 is 2.65 bits per heavy atom. The number of halogens is 3. The molecule has 20 heavy (non-hydrogen) atoms. The molecule has 1 aromatic heterocycles. The molecule has 0 amide bonds. The Kier molecular flexibility index (Phi) is 6.15. The molecule has 0 aliphatic carbocycles. The molecular formula is C15H16Br2ClNO. The van der Waals surface area contributed by atoms with Gasteiger partial charge in [-0.3, -0.25) is 0 Å². The predicted octanol–water partition coefficient (Wildman–Crippen LogP) is 5.74. The summed E-state index contributed by atoms with van der Waals surface area (Å²) in [4.78, 5) is 0. The highest BCUT2D eigenvalue weighted by atomic mass is 79.9. The average molecular weight is 422 g/mol. The van der Waals surface area contributed by atoms with E-state index in [1.54, 1.807) is 0 Å². The van der Waals surface area contributed by atoms with E-state index in [1.807, 2.05) is 30.3 Å². The molecule has 0 fully saturated rings. The van der Waals surface area contributed by atoms with Crippen LogP contribution in [0.4, 0.5) is 0 Å². The first-order valence-electron chi connectivity index (χ1n) is 6.52. The zero-order chi connectivity index (χ0) is 14.5. The van der Waals surface area contributed by atoms with Crippen molar-refractivity contribution in [2.45, 2.75) is 25.8 Å². The van der Waals surface area contributed by atoms with E-state index >= 15 is 0 Å². The summed E-state index contributed by atoms with van der Waals surface area (Å²) in [5.41, 5.74) is 1.11. The summed E-state index contributed by atoms with van der Waals surface area (Å²) in [6, 6.07) is 10.0. The van der Waals surface area contributed by atoms with E-state index < -0.39 is 0 Å². The van der Waals surface area contributed by atoms with E-state index in [0.29, 0.717) is 0 Å². The van der Waals surface area contributed by atoms with E-state index in [9.17, 15) is 0 Å². The third-order valence-electron chi connectivity index (χ3n) is 3.02. The van der Waals surface area contributed by atoms with Gasteiger partial charge < -0.3 is 9.73 Å². The van der Waals surface area contributed by atoms with Crippen LogP contribution >= 0.6 is 43.5 Å². The van der Waals surface area contributed by atoms with E-state index in [4.69, 9.17) is 16.0 Å². The Balaban J connectivity index is 2.18. The van der Waals surface area contributed by atoms with Crippen molar-refractivity contribution >= 4 is 43.5 Å². The van der Waals surface area contributed by atoms with Crippen LogP contribution < -0.4 is 5.32 Å². The van der Waals surface area contributed by atoms with E-state index in [1.165, 1.54) is 0 Å². The van der Waals surface area contributed by atoms with Crippen molar-refractivity contribution < 1.29 is 4.42 Å². The van der Waals surface area contributed by atoms with Gasteiger partial charge in [0.25, 0.3) is 0 Å². The molecule has 2 nitrogen and oxygen atoms in total. The van der Waals surface area contributed by atoms with Gasteiger partial charge in [-0.25, -0.2) is 0 Å². The van der Waals surface area contributed by atoms with Gasteiger partial charge in [-0.05, 0) is 65.1 Å². The largest absolute Gasteiger partial charge is 0.453 e. The van der Waals surface area contributed by atoms with Crippen molar-refractivity contribution in [1.82, 2.24) is 5.32 Å². The molecule has 108 valence electrons. The van der Waals surface area contributed by atoms with Crippen LogP contribution in [0.15, 0.2) is 43.9 Å². The van der Waals surface area contributed by atoms with E-state index in [-0.39, 0.29) is 6.04 Å². The van der Waals surface area contributed by atoms with Gasteiger partial charge in [0.1, 0.15) is 5.76 Å². The summed E-state index contributed by atoms with van der Waals surface area (Å²) in [7, 11) is 0. The highest BCUT2D eigenvalue weighted by Gasteiger charge is 2.17. The molecule has 0 spiro atoms. The molecular weight excluding hydrogens is 405 g/mol. The van der Waals surface area contributed by atoms with Crippen LogP contribution in [0.25, 0.3) is 0 Å². The minimum atomic E-state index is 0.125. The van der Waals surface area contributed by atoms with Crippen LogP contribution in [-0.2, 0) is 6.42 Å². The van der Waals surface area contributed by atoms with Gasteiger partial charge in [0.05, 0.1) is 6.04 Å². The summed E-state index contributed by atoms with van der Waals surface area (Å²) >= 11 is 13.1. The predicted molar refractivity (Wildman–Crippen MR) is 90.3 cm³/mol. The molecule has 1 heterocycles. The lowest BCUT2D eigenvalue weighted by Crippen LogP contribution is -2.23. The Morgan fingerprint density at radius 2 is 2.05 bits per heavy atom. The number of hydrogen-bond acceptors (Lipinski definition) is 2. The molecule has 0 saturated carbocycles. The molecule has 1 unspecified atom stereocenters. The molecule has 5 heteroatoms. The average Bonchev–Trinajstić information content (AvgIpc) is 2.83. The van der Waals surface area contributed by atoms with Gasteiger partial charge in [-0.15, -0.1) is 0 Å². The fraction of sp³-hybridized carbons (Fsp3) is 0.333. The molecule has 2 rings (SSSR count). The second kappa shape index (κ2) is 7.64. The zero-order valence-electron chi connectivity index (χ0n) is 11.1. The zero-order valence-corrected chi connectivity index (χ0v) is 15.1. The van der Waals surface area contributed by atoms with Crippen LogP contribution in [0.5, 0.6) is 0 Å². The number of furan rings is 1. The molecule has 1 atom stereocenters. The van der Waals surface area contributed by atoms with Crippen LogP contribution in [-0.4, -0.2) is 6.54 Å². The van der Waals surface area contributed by atoms with Gasteiger partial charge >= 0.3 is 0 Å². The van der Waals surface area contributed by atoms with Gasteiger partial charge in [0, 0.05) is 9.50 Å². The molecule has 2 aromatic rings. The van der Waals surface area contributed by atoms with Gasteiger partial charge in [0.2, 0.25) is 0 Å². The second-order valence-corrected chi connectivity index (χ2v) is 6.69. The molecule has 0 radical (unpaired) electrons. The Hall–Kier alpha value is -0.290. The normalized spacial score (nSPS) is 12.6. The molecule has 1 N–H and O–H groups in total. The molecule has 0 saturated heterocycles. The molecule has 1 aromatic carbocycles. The maximum absolute atomic E-state index is 6.30. The van der Waals surface area contributed by atoms with Crippen LogP contribution in [0, 0.1) is 0 Å². The van der Waals surface area contributed by atoms with E-state index in [0.717, 1.165) is 44.9 Å². The highest BCUT2D eigenvalue weighted by Crippen LogP contribution is 2.28. The van der Waals surface area contributed by atoms with Gasteiger partial charge in [0.15, 0.2) is 4.67 Å². The number of nitrogens with one attached hydrogen (secondary N) is 1. The molecule has 0 bridgehead atoms. The Morgan fingerprint density at radius 1 is 1.25 bits per heavy atom. The van der Waals surface area contributed by atoms with Crippen LogP contribution in [0.1, 0.15) is 30.7 Å². The minimum Gasteiger partial charge on any atom is -0.453 e. The van der Waals surface area contributed by atoms with Gasteiger partial charge in [-0.1, -0.05) is 40.5 Å². The lowest BCUT2D eigenvalue weighted by molar-refractivity contribution is 0.400.